The summed E-state index contributed by atoms with van der Waals surface area (Å²) in [6, 6.07) is 19.3. The van der Waals surface area contributed by atoms with Gasteiger partial charge in [0.05, 0.1) is 23.9 Å². The minimum Gasteiger partial charge on any atom is -0.497 e. The summed E-state index contributed by atoms with van der Waals surface area (Å²) in [5.41, 5.74) is 2.37. The van der Waals surface area contributed by atoms with Crippen molar-refractivity contribution in [2.45, 2.75) is 38.9 Å². The van der Waals surface area contributed by atoms with Crippen LogP contribution in [-0.4, -0.2) is 54.9 Å². The second-order valence-electron chi connectivity index (χ2n) is 11.4. The number of nitrogens with one attached hydrogen (secondary N) is 2. The van der Waals surface area contributed by atoms with Crippen LogP contribution >= 0.6 is 7.37 Å². The Hall–Kier alpha value is -4.27. The molecule has 1 heterocycles. The molecule has 3 aromatic carbocycles. The number of amides is 4. The zero-order valence-corrected chi connectivity index (χ0v) is 26.2. The molecule has 3 N–H and O–H groups in total. The minimum absolute atomic E-state index is 0.0599. The Morgan fingerprint density at radius 3 is 1.98 bits per heavy atom. The lowest BCUT2D eigenvalue weighted by Gasteiger charge is -2.25. The van der Waals surface area contributed by atoms with Crippen LogP contribution in [-0.2, 0) is 26.7 Å². The molecule has 1 aliphatic rings. The molecule has 0 aliphatic carbocycles. The SMILES string of the molecule is CNC(=O)C(Cc1ccc(OC)cc1)NC(=O)C(CC(C)C)CP(=O)(O)Cc1ccc(N2C(=O)c3ccccc3C2=O)cc1. The third-order valence-corrected chi connectivity index (χ3v) is 9.40. The number of hydrogen-bond donors (Lipinski definition) is 3. The number of imide groups is 1. The Bertz CT molecular complexity index is 1540. The molecule has 0 saturated heterocycles. The lowest BCUT2D eigenvalue weighted by atomic mass is 9.97. The van der Waals surface area contributed by atoms with Crippen LogP contribution in [0.25, 0.3) is 0 Å². The third-order valence-electron chi connectivity index (χ3n) is 7.53. The first-order valence-electron chi connectivity index (χ1n) is 14.4. The number of fused-ring (bicyclic) bond motifs is 1. The smallest absolute Gasteiger partial charge is 0.266 e. The minimum atomic E-state index is -3.87. The fraction of sp³-hybridized carbons (Fsp3) is 0.333. The molecule has 0 saturated carbocycles. The zero-order valence-electron chi connectivity index (χ0n) is 25.3. The van der Waals surface area contributed by atoms with E-state index in [1.54, 1.807) is 67.8 Å². The molecule has 1 aliphatic heterocycles. The number of carbonyl (C=O) groups excluding carboxylic acids is 4. The van der Waals surface area contributed by atoms with E-state index < -0.39 is 37.1 Å². The van der Waals surface area contributed by atoms with Gasteiger partial charge in [-0.1, -0.05) is 50.2 Å². The predicted molar refractivity (Wildman–Crippen MR) is 168 cm³/mol. The summed E-state index contributed by atoms with van der Waals surface area (Å²) in [7, 11) is -0.817. The maximum atomic E-state index is 13.5. The summed E-state index contributed by atoms with van der Waals surface area (Å²) in [6.07, 6.45) is 0.139. The molecule has 4 amide bonds. The fourth-order valence-corrected chi connectivity index (χ4v) is 7.29. The Morgan fingerprint density at radius 1 is 0.886 bits per heavy atom. The van der Waals surface area contributed by atoms with Crippen molar-refractivity contribution in [3.05, 3.63) is 95.1 Å². The number of rotatable bonds is 13. The number of hydrogen-bond acceptors (Lipinski definition) is 6. The monoisotopic (exact) mass is 619 g/mol. The van der Waals surface area contributed by atoms with Gasteiger partial charge in [0.15, 0.2) is 0 Å². The van der Waals surface area contributed by atoms with Crippen molar-refractivity contribution in [1.82, 2.24) is 10.6 Å². The quantitative estimate of drug-likeness (QED) is 0.190. The number of nitrogens with zero attached hydrogens (tertiary/aromatic N) is 1. The molecule has 10 nitrogen and oxygen atoms in total. The van der Waals surface area contributed by atoms with Crippen molar-refractivity contribution < 1.29 is 33.4 Å². The van der Waals surface area contributed by atoms with Crippen molar-refractivity contribution in [2.75, 3.05) is 25.2 Å². The van der Waals surface area contributed by atoms with E-state index in [1.165, 1.54) is 7.05 Å². The Balaban J connectivity index is 1.44. The lowest BCUT2D eigenvalue weighted by molar-refractivity contribution is -0.130. The first kappa shape index (κ1) is 32.6. The maximum absolute atomic E-state index is 13.5. The molecule has 44 heavy (non-hydrogen) atoms. The molecule has 0 spiro atoms. The number of benzene rings is 3. The molecule has 3 aromatic rings. The average Bonchev–Trinajstić information content (AvgIpc) is 3.25. The van der Waals surface area contributed by atoms with E-state index in [9.17, 15) is 28.6 Å². The highest BCUT2D eigenvalue weighted by atomic mass is 31.2. The number of methoxy groups -OCH3 is 1. The number of likely N-dealkylation sites (N-methyl/N-ethyl adjacent to an activating group) is 1. The van der Waals surface area contributed by atoms with Crippen molar-refractivity contribution in [3.63, 3.8) is 0 Å². The van der Waals surface area contributed by atoms with Gasteiger partial charge in [-0.3, -0.25) is 23.7 Å². The van der Waals surface area contributed by atoms with Gasteiger partial charge in [0.1, 0.15) is 11.8 Å². The van der Waals surface area contributed by atoms with Crippen LogP contribution in [0.3, 0.4) is 0 Å². The average molecular weight is 620 g/mol. The molecule has 232 valence electrons. The van der Waals surface area contributed by atoms with E-state index in [4.69, 9.17) is 4.74 Å². The number of ether oxygens (including phenoxy) is 1. The first-order chi connectivity index (χ1) is 20.9. The van der Waals surface area contributed by atoms with Gasteiger partial charge in [-0.05, 0) is 59.9 Å². The molecule has 0 aromatic heterocycles. The van der Waals surface area contributed by atoms with Crippen LogP contribution in [0.1, 0.15) is 52.1 Å². The van der Waals surface area contributed by atoms with Crippen LogP contribution in [0.2, 0.25) is 0 Å². The van der Waals surface area contributed by atoms with Crippen molar-refractivity contribution in [1.29, 1.82) is 0 Å². The van der Waals surface area contributed by atoms with Gasteiger partial charge in [-0.25, -0.2) is 4.90 Å². The van der Waals surface area contributed by atoms with Crippen molar-refractivity contribution in [2.24, 2.45) is 11.8 Å². The van der Waals surface area contributed by atoms with Crippen LogP contribution in [0.15, 0.2) is 72.8 Å². The summed E-state index contributed by atoms with van der Waals surface area (Å²) in [5, 5.41) is 5.39. The summed E-state index contributed by atoms with van der Waals surface area (Å²) in [4.78, 5) is 63.9. The molecular formula is C33H38N3O7P. The van der Waals surface area contributed by atoms with Gasteiger partial charge >= 0.3 is 0 Å². The lowest BCUT2D eigenvalue weighted by Crippen LogP contribution is -2.49. The molecule has 0 fully saturated rings. The Labute approximate surface area is 257 Å². The van der Waals surface area contributed by atoms with Gasteiger partial charge in [0.2, 0.25) is 19.2 Å². The largest absolute Gasteiger partial charge is 0.497 e. The summed E-state index contributed by atoms with van der Waals surface area (Å²) < 4.78 is 18.7. The van der Waals surface area contributed by atoms with Gasteiger partial charge in [-0.15, -0.1) is 0 Å². The van der Waals surface area contributed by atoms with Crippen LogP contribution in [0.4, 0.5) is 5.69 Å². The highest BCUT2D eigenvalue weighted by molar-refractivity contribution is 7.57. The second-order valence-corrected chi connectivity index (χ2v) is 13.8. The van der Waals surface area contributed by atoms with Crippen molar-refractivity contribution in [3.8, 4) is 5.75 Å². The third kappa shape index (κ3) is 7.81. The number of anilines is 1. The summed E-state index contributed by atoms with van der Waals surface area (Å²) >= 11 is 0. The molecule has 11 heteroatoms. The van der Waals surface area contributed by atoms with E-state index >= 15 is 0 Å². The van der Waals surface area contributed by atoms with Crippen molar-refractivity contribution >= 4 is 36.7 Å². The van der Waals surface area contributed by atoms with Gasteiger partial charge in [0, 0.05) is 31.7 Å². The molecule has 3 unspecified atom stereocenters. The molecule has 0 radical (unpaired) electrons. The van der Waals surface area contributed by atoms with Gasteiger partial charge in [-0.2, -0.15) is 0 Å². The standard InChI is InChI=1S/C33H38N3O7P/c1-21(2)17-24(30(37)35-29(31(38)34-3)18-22-11-15-26(43-4)16-12-22)20-44(41,42)19-23-9-13-25(14-10-23)36-32(39)27-7-5-6-8-28(27)33(36)40/h5-16,21,24,29H,17-20H2,1-4H3,(H,34,38)(H,35,37)(H,41,42). The molecule has 4 rings (SSSR count). The summed E-state index contributed by atoms with van der Waals surface area (Å²) in [6.45, 7) is 3.85. The number of carbonyl (C=O) groups is 4. The van der Waals surface area contributed by atoms with E-state index in [0.29, 0.717) is 34.5 Å². The highest BCUT2D eigenvalue weighted by Crippen LogP contribution is 2.47. The van der Waals surface area contributed by atoms with E-state index in [2.05, 4.69) is 10.6 Å². The maximum Gasteiger partial charge on any atom is 0.266 e. The fourth-order valence-electron chi connectivity index (χ4n) is 5.37. The van der Waals surface area contributed by atoms with Crippen LogP contribution in [0, 0.1) is 11.8 Å². The van der Waals surface area contributed by atoms with Gasteiger partial charge in [0.25, 0.3) is 11.8 Å². The second kappa shape index (κ2) is 14.0. The molecular weight excluding hydrogens is 581 g/mol. The Morgan fingerprint density at radius 2 is 1.45 bits per heavy atom. The first-order valence-corrected chi connectivity index (χ1v) is 16.5. The van der Waals surface area contributed by atoms with E-state index in [-0.39, 0.29) is 30.6 Å². The summed E-state index contributed by atoms with van der Waals surface area (Å²) in [5.74, 6) is -1.75. The normalized spacial score (nSPS) is 15.4. The topological polar surface area (TPSA) is 142 Å². The van der Waals surface area contributed by atoms with E-state index in [1.807, 2.05) is 26.0 Å². The zero-order chi connectivity index (χ0) is 32.0. The van der Waals surface area contributed by atoms with Crippen LogP contribution in [0.5, 0.6) is 5.75 Å². The Kier molecular flexibility index (Phi) is 10.4. The van der Waals surface area contributed by atoms with Crippen LogP contribution < -0.4 is 20.3 Å². The molecule has 3 atom stereocenters. The van der Waals surface area contributed by atoms with Gasteiger partial charge < -0.3 is 20.3 Å². The van der Waals surface area contributed by atoms with E-state index in [0.717, 1.165) is 10.5 Å². The highest BCUT2D eigenvalue weighted by Gasteiger charge is 2.36. The predicted octanol–water partition coefficient (Wildman–Crippen LogP) is 4.40. The molecule has 0 bridgehead atoms.